The highest BCUT2D eigenvalue weighted by atomic mass is 16.1. The maximum Gasteiger partial charge on any atom is 0.258 e. The number of ketones is 1. The molecule has 1 aromatic heterocycles. The standard InChI is InChI=1S/C26H21NO2/c28-25-21-15-6-5-14-20(21)24-23(25)19-13-4-7-16-22(19)26(29)27(24)17-9-8-12-18-10-2-1-3-11-18/h1-7,10-11,13-16H,8-9,12,17H2. The number of carbonyl (C=O) groups excluding carboxylic acids is 1. The molecule has 0 amide bonds. The van der Waals surface area contributed by atoms with Gasteiger partial charge in [0.2, 0.25) is 0 Å². The summed E-state index contributed by atoms with van der Waals surface area (Å²) in [5.74, 6) is 0.0184. The second kappa shape index (κ2) is 7.17. The highest BCUT2D eigenvalue weighted by Gasteiger charge is 2.31. The van der Waals surface area contributed by atoms with Crippen molar-refractivity contribution in [1.82, 2.24) is 4.57 Å². The molecule has 0 saturated carbocycles. The van der Waals surface area contributed by atoms with Gasteiger partial charge in [-0.3, -0.25) is 9.59 Å². The van der Waals surface area contributed by atoms with Gasteiger partial charge < -0.3 is 4.57 Å². The lowest BCUT2D eigenvalue weighted by Gasteiger charge is -2.15. The summed E-state index contributed by atoms with van der Waals surface area (Å²) >= 11 is 0. The highest BCUT2D eigenvalue weighted by Crippen LogP contribution is 2.39. The van der Waals surface area contributed by atoms with Gasteiger partial charge in [-0.05, 0) is 30.9 Å². The maximum absolute atomic E-state index is 13.3. The van der Waals surface area contributed by atoms with Crippen molar-refractivity contribution < 1.29 is 4.79 Å². The number of nitrogens with zero attached hydrogens (tertiary/aromatic N) is 1. The van der Waals surface area contributed by atoms with Crippen LogP contribution in [-0.4, -0.2) is 10.4 Å². The van der Waals surface area contributed by atoms with Crippen LogP contribution in [0.15, 0.2) is 83.7 Å². The summed E-state index contributed by atoms with van der Waals surface area (Å²) in [6.45, 7) is 0.612. The van der Waals surface area contributed by atoms with E-state index in [1.165, 1.54) is 5.56 Å². The fourth-order valence-corrected chi connectivity index (χ4v) is 4.39. The molecule has 1 aliphatic rings. The zero-order valence-electron chi connectivity index (χ0n) is 16.1. The predicted octanol–water partition coefficient (Wildman–Crippen LogP) is 5.24. The number of hydrogen-bond acceptors (Lipinski definition) is 2. The van der Waals surface area contributed by atoms with Crippen molar-refractivity contribution in [1.29, 1.82) is 0 Å². The van der Waals surface area contributed by atoms with Gasteiger partial charge in [-0.2, -0.15) is 0 Å². The summed E-state index contributed by atoms with van der Waals surface area (Å²) in [5.41, 5.74) is 4.32. The Kier molecular flexibility index (Phi) is 4.36. The SMILES string of the molecule is O=C1c2ccccc2-c2c1c1ccccc1c(=O)n2CCCCc1ccccc1. The van der Waals surface area contributed by atoms with E-state index in [0.29, 0.717) is 23.1 Å². The Balaban J connectivity index is 1.56. The molecule has 1 aliphatic carbocycles. The molecule has 0 unspecified atom stereocenters. The van der Waals surface area contributed by atoms with Crippen molar-refractivity contribution >= 4 is 16.6 Å². The minimum Gasteiger partial charge on any atom is -0.307 e. The average Bonchev–Trinajstić information content (AvgIpc) is 3.07. The van der Waals surface area contributed by atoms with Gasteiger partial charge in [0.05, 0.1) is 11.3 Å². The molecular formula is C26H21NO2. The number of aryl methyl sites for hydroxylation is 1. The Hall–Kier alpha value is -3.46. The first-order chi connectivity index (χ1) is 14.3. The molecule has 5 rings (SSSR count). The van der Waals surface area contributed by atoms with Gasteiger partial charge in [0.1, 0.15) is 0 Å². The molecule has 1 heterocycles. The predicted molar refractivity (Wildman–Crippen MR) is 116 cm³/mol. The van der Waals surface area contributed by atoms with E-state index in [1.807, 2.05) is 59.2 Å². The quantitative estimate of drug-likeness (QED) is 0.392. The lowest BCUT2D eigenvalue weighted by molar-refractivity contribution is 0.104. The Morgan fingerprint density at radius 1 is 0.655 bits per heavy atom. The van der Waals surface area contributed by atoms with Gasteiger partial charge in [0, 0.05) is 28.4 Å². The number of aromatic nitrogens is 1. The zero-order chi connectivity index (χ0) is 19.8. The Bertz CT molecular complexity index is 1290. The van der Waals surface area contributed by atoms with Crippen molar-refractivity contribution in [2.75, 3.05) is 0 Å². The van der Waals surface area contributed by atoms with Crippen LogP contribution in [0.2, 0.25) is 0 Å². The Morgan fingerprint density at radius 3 is 2.10 bits per heavy atom. The molecule has 3 heteroatoms. The first kappa shape index (κ1) is 17.6. The van der Waals surface area contributed by atoms with Crippen LogP contribution in [0.1, 0.15) is 34.3 Å². The molecule has 4 aromatic rings. The second-order valence-corrected chi connectivity index (χ2v) is 7.54. The normalized spacial score (nSPS) is 12.2. The third kappa shape index (κ3) is 2.90. The molecule has 0 N–H and O–H groups in total. The maximum atomic E-state index is 13.3. The molecular weight excluding hydrogens is 358 g/mol. The number of pyridine rings is 1. The van der Waals surface area contributed by atoms with Crippen LogP contribution in [0.3, 0.4) is 0 Å². The van der Waals surface area contributed by atoms with Crippen LogP contribution in [0.25, 0.3) is 22.0 Å². The lowest BCUT2D eigenvalue weighted by Crippen LogP contribution is -2.23. The van der Waals surface area contributed by atoms with E-state index in [-0.39, 0.29) is 11.3 Å². The highest BCUT2D eigenvalue weighted by molar-refractivity contribution is 6.26. The molecule has 142 valence electrons. The number of hydrogen-bond donors (Lipinski definition) is 0. The smallest absolute Gasteiger partial charge is 0.258 e. The number of rotatable bonds is 5. The minimum absolute atomic E-state index is 0.0106. The summed E-state index contributed by atoms with van der Waals surface area (Å²) in [7, 11) is 0. The minimum atomic E-state index is -0.0106. The lowest BCUT2D eigenvalue weighted by atomic mass is 10.0. The summed E-state index contributed by atoms with van der Waals surface area (Å²) in [6.07, 6.45) is 2.87. The van der Waals surface area contributed by atoms with Crippen LogP contribution < -0.4 is 5.56 Å². The fourth-order valence-electron chi connectivity index (χ4n) is 4.39. The third-order valence-corrected chi connectivity index (χ3v) is 5.77. The van der Waals surface area contributed by atoms with Gasteiger partial charge >= 0.3 is 0 Å². The molecule has 29 heavy (non-hydrogen) atoms. The molecule has 0 aliphatic heterocycles. The molecule has 0 radical (unpaired) electrons. The van der Waals surface area contributed by atoms with E-state index in [2.05, 4.69) is 24.3 Å². The van der Waals surface area contributed by atoms with E-state index in [1.54, 1.807) is 0 Å². The van der Waals surface area contributed by atoms with E-state index in [9.17, 15) is 9.59 Å². The Labute approximate surface area is 169 Å². The first-order valence-electron chi connectivity index (χ1n) is 10.1. The largest absolute Gasteiger partial charge is 0.307 e. The monoisotopic (exact) mass is 379 g/mol. The van der Waals surface area contributed by atoms with E-state index in [0.717, 1.165) is 35.9 Å². The van der Waals surface area contributed by atoms with Crippen LogP contribution in [0.4, 0.5) is 0 Å². The second-order valence-electron chi connectivity index (χ2n) is 7.54. The van der Waals surface area contributed by atoms with Gasteiger partial charge in [0.15, 0.2) is 5.78 Å². The topological polar surface area (TPSA) is 39.1 Å². The Morgan fingerprint density at radius 2 is 1.31 bits per heavy atom. The molecule has 0 atom stereocenters. The number of fused-ring (bicyclic) bond motifs is 5. The van der Waals surface area contributed by atoms with Gasteiger partial charge in [-0.15, -0.1) is 0 Å². The summed E-state index contributed by atoms with van der Waals surface area (Å²) in [6, 6.07) is 25.5. The van der Waals surface area contributed by atoms with E-state index < -0.39 is 0 Å². The summed E-state index contributed by atoms with van der Waals surface area (Å²) in [5, 5.41) is 1.38. The van der Waals surface area contributed by atoms with E-state index >= 15 is 0 Å². The van der Waals surface area contributed by atoms with Crippen molar-refractivity contribution in [3.63, 3.8) is 0 Å². The van der Waals surface area contributed by atoms with Gasteiger partial charge in [-0.1, -0.05) is 72.8 Å². The van der Waals surface area contributed by atoms with Crippen LogP contribution in [0.5, 0.6) is 0 Å². The average molecular weight is 379 g/mol. The van der Waals surface area contributed by atoms with Crippen molar-refractivity contribution in [2.24, 2.45) is 0 Å². The van der Waals surface area contributed by atoms with E-state index in [4.69, 9.17) is 0 Å². The van der Waals surface area contributed by atoms with Gasteiger partial charge in [-0.25, -0.2) is 0 Å². The summed E-state index contributed by atoms with van der Waals surface area (Å²) in [4.78, 5) is 26.5. The molecule has 3 aromatic carbocycles. The number of benzene rings is 3. The van der Waals surface area contributed by atoms with Crippen LogP contribution >= 0.6 is 0 Å². The molecule has 0 saturated heterocycles. The van der Waals surface area contributed by atoms with Crippen molar-refractivity contribution in [2.45, 2.75) is 25.8 Å². The summed E-state index contributed by atoms with van der Waals surface area (Å²) < 4.78 is 1.83. The molecule has 0 fully saturated rings. The van der Waals surface area contributed by atoms with Crippen LogP contribution in [-0.2, 0) is 13.0 Å². The molecule has 0 bridgehead atoms. The van der Waals surface area contributed by atoms with Gasteiger partial charge in [0.25, 0.3) is 5.56 Å². The molecule has 3 nitrogen and oxygen atoms in total. The van der Waals surface area contributed by atoms with Crippen molar-refractivity contribution in [3.05, 3.63) is 106 Å². The zero-order valence-corrected chi connectivity index (χ0v) is 16.1. The number of carbonyl (C=O) groups is 1. The number of unbranched alkanes of at least 4 members (excludes halogenated alkanes) is 1. The molecule has 0 spiro atoms. The van der Waals surface area contributed by atoms with Crippen molar-refractivity contribution in [3.8, 4) is 11.3 Å². The van der Waals surface area contributed by atoms with Crippen LogP contribution in [0, 0.1) is 0 Å². The first-order valence-corrected chi connectivity index (χ1v) is 10.1. The fraction of sp³-hybridized carbons (Fsp3) is 0.154. The third-order valence-electron chi connectivity index (χ3n) is 5.77.